The zero-order chi connectivity index (χ0) is 23.1. The summed E-state index contributed by atoms with van der Waals surface area (Å²) >= 11 is 13.8. The van der Waals surface area contributed by atoms with Gasteiger partial charge in [0.25, 0.3) is 0 Å². The summed E-state index contributed by atoms with van der Waals surface area (Å²) < 4.78 is 7.16. The number of cyclic esters (lactones) is 1. The third kappa shape index (κ3) is 4.80. The van der Waals surface area contributed by atoms with Gasteiger partial charge in [-0.1, -0.05) is 27.5 Å². The van der Waals surface area contributed by atoms with E-state index in [2.05, 4.69) is 49.3 Å². The van der Waals surface area contributed by atoms with Crippen LogP contribution in [0, 0.1) is 5.92 Å². The molecule has 0 spiro atoms. The number of halogens is 3. The second-order valence-corrected chi connectivity index (χ2v) is 11.2. The number of carbonyl (C=O) groups is 2. The van der Waals surface area contributed by atoms with Crippen LogP contribution < -0.4 is 5.32 Å². The van der Waals surface area contributed by atoms with Crippen LogP contribution in [0.25, 0.3) is 0 Å². The molecule has 1 aromatic heterocycles. The number of likely N-dealkylation sites (tertiary alicyclic amines) is 1. The highest BCUT2D eigenvalue weighted by Crippen LogP contribution is 2.46. The predicted octanol–water partition coefficient (Wildman–Crippen LogP) is 5.23. The van der Waals surface area contributed by atoms with Crippen molar-refractivity contribution in [2.45, 2.75) is 44.1 Å². The monoisotopic (exact) mass is 595 g/mol. The van der Waals surface area contributed by atoms with Gasteiger partial charge < -0.3 is 15.0 Å². The molecule has 2 atom stereocenters. The number of alkyl carbamates (subject to hydrolysis) is 1. The molecular formula is C24H24Br2ClN3O3. The van der Waals surface area contributed by atoms with Crippen molar-refractivity contribution < 1.29 is 14.3 Å². The molecule has 2 saturated heterocycles. The molecule has 0 saturated carbocycles. The van der Waals surface area contributed by atoms with Crippen molar-refractivity contribution in [3.05, 3.63) is 60.7 Å². The average molecular weight is 598 g/mol. The first-order chi connectivity index (χ1) is 15.9. The van der Waals surface area contributed by atoms with Crippen LogP contribution in [0.5, 0.6) is 0 Å². The number of aryl methyl sites for hydroxylation is 2. The molecule has 3 heterocycles. The second kappa shape index (κ2) is 9.55. The summed E-state index contributed by atoms with van der Waals surface area (Å²) in [6.07, 6.45) is 4.93. The number of benzene rings is 1. The summed E-state index contributed by atoms with van der Waals surface area (Å²) in [5, 5.41) is 3.35. The maximum atomic E-state index is 12.8. The highest BCUT2D eigenvalue weighted by molar-refractivity contribution is 9.10. The van der Waals surface area contributed by atoms with Crippen molar-refractivity contribution in [2.24, 2.45) is 5.92 Å². The number of hydrogen-bond acceptors (Lipinski definition) is 4. The zero-order valence-electron chi connectivity index (χ0n) is 18.0. The van der Waals surface area contributed by atoms with Gasteiger partial charge >= 0.3 is 6.09 Å². The van der Waals surface area contributed by atoms with Gasteiger partial charge in [-0.15, -0.1) is 0 Å². The van der Waals surface area contributed by atoms with Crippen LogP contribution in [0.1, 0.15) is 47.6 Å². The number of fused-ring (bicyclic) bond motifs is 2. The lowest BCUT2D eigenvalue weighted by Gasteiger charge is -2.37. The minimum Gasteiger partial charge on any atom is -0.444 e. The minimum absolute atomic E-state index is 0.0478. The Labute approximate surface area is 214 Å². The first kappa shape index (κ1) is 23.1. The predicted molar refractivity (Wildman–Crippen MR) is 133 cm³/mol. The van der Waals surface area contributed by atoms with Crippen molar-refractivity contribution in [3.63, 3.8) is 0 Å². The van der Waals surface area contributed by atoms with E-state index in [-0.39, 0.29) is 24.3 Å². The van der Waals surface area contributed by atoms with Gasteiger partial charge in [-0.25, -0.2) is 4.79 Å². The van der Waals surface area contributed by atoms with Crippen LogP contribution in [-0.4, -0.2) is 47.6 Å². The number of ether oxygens (including phenoxy) is 1. The molecule has 1 N–H and O–H groups in total. The summed E-state index contributed by atoms with van der Waals surface area (Å²) in [6, 6.07) is 6.25. The standard InChI is InChI=1S/C24H24Br2ClN3O3/c25-16-7-15-2-1-14-8-17(27)9-19(26)21(14)22(23(15)28-11-16)13-3-5-30(6-4-13)20(31)10-18-12-29-24(32)33-18/h7-9,11,13,18,22H,1-6,10,12H2,(H,29,32)/t18-,22?/m1/s1. The summed E-state index contributed by atoms with van der Waals surface area (Å²) in [4.78, 5) is 30.8. The van der Waals surface area contributed by atoms with Crippen LogP contribution >= 0.6 is 43.5 Å². The topological polar surface area (TPSA) is 71.5 Å². The fraction of sp³-hybridized carbons (Fsp3) is 0.458. The van der Waals surface area contributed by atoms with Crippen molar-refractivity contribution in [1.29, 1.82) is 0 Å². The molecule has 0 radical (unpaired) electrons. The Bertz CT molecular complexity index is 1100. The molecule has 33 heavy (non-hydrogen) atoms. The lowest BCUT2D eigenvalue weighted by Crippen LogP contribution is -2.41. The number of piperidine rings is 1. The van der Waals surface area contributed by atoms with Gasteiger partial charge in [-0.3, -0.25) is 9.78 Å². The summed E-state index contributed by atoms with van der Waals surface area (Å²) in [6.45, 7) is 1.79. The highest BCUT2D eigenvalue weighted by Gasteiger charge is 2.37. The molecule has 174 valence electrons. The quantitative estimate of drug-likeness (QED) is 0.526. The van der Waals surface area contributed by atoms with Crippen LogP contribution in [0.15, 0.2) is 33.3 Å². The molecule has 2 fully saturated rings. The van der Waals surface area contributed by atoms with Crippen LogP contribution in [0.2, 0.25) is 5.02 Å². The molecular weight excluding hydrogens is 574 g/mol. The van der Waals surface area contributed by atoms with E-state index in [4.69, 9.17) is 21.3 Å². The number of rotatable bonds is 3. The first-order valence-electron chi connectivity index (χ1n) is 11.2. The van der Waals surface area contributed by atoms with Crippen LogP contribution in [-0.2, 0) is 22.4 Å². The van der Waals surface area contributed by atoms with Gasteiger partial charge in [0.2, 0.25) is 5.91 Å². The van der Waals surface area contributed by atoms with E-state index in [9.17, 15) is 9.59 Å². The maximum Gasteiger partial charge on any atom is 0.407 e. The van der Waals surface area contributed by atoms with E-state index in [1.165, 1.54) is 16.7 Å². The third-order valence-corrected chi connectivity index (χ3v) is 8.24. The fourth-order valence-electron chi connectivity index (χ4n) is 5.38. The van der Waals surface area contributed by atoms with Gasteiger partial charge in [-0.05, 0) is 82.4 Å². The van der Waals surface area contributed by atoms with Gasteiger partial charge in [0.1, 0.15) is 6.10 Å². The zero-order valence-corrected chi connectivity index (χ0v) is 21.9. The van der Waals surface area contributed by atoms with E-state index in [0.29, 0.717) is 25.6 Å². The molecule has 2 amide bonds. The Hall–Kier alpha value is -1.64. The van der Waals surface area contributed by atoms with Gasteiger partial charge in [0.15, 0.2) is 0 Å². The lowest BCUT2D eigenvalue weighted by atomic mass is 9.76. The molecule has 3 aliphatic rings. The number of pyridine rings is 1. The normalized spacial score (nSPS) is 22.8. The Morgan fingerprint density at radius 2 is 1.94 bits per heavy atom. The maximum absolute atomic E-state index is 12.8. The third-order valence-electron chi connectivity index (χ3n) is 6.93. The summed E-state index contributed by atoms with van der Waals surface area (Å²) in [7, 11) is 0. The van der Waals surface area contributed by atoms with E-state index < -0.39 is 6.09 Å². The van der Waals surface area contributed by atoms with Crippen molar-refractivity contribution in [3.8, 4) is 0 Å². The number of carbonyl (C=O) groups excluding carboxylic acids is 2. The molecule has 5 rings (SSSR count). The van der Waals surface area contributed by atoms with Crippen molar-refractivity contribution in [2.75, 3.05) is 19.6 Å². The van der Waals surface area contributed by atoms with Crippen LogP contribution in [0.3, 0.4) is 0 Å². The Kier molecular flexibility index (Phi) is 6.69. The molecule has 6 nitrogen and oxygen atoms in total. The number of nitrogens with one attached hydrogen (secondary N) is 1. The van der Waals surface area contributed by atoms with E-state index in [0.717, 1.165) is 45.3 Å². The number of amides is 2. The SMILES string of the molecule is O=C1NC[C@@H](CC(=O)N2CCC(C3c4ncc(Br)cc4CCc4cc(Cl)cc(Br)c43)CC2)O1. The number of aromatic nitrogens is 1. The van der Waals surface area contributed by atoms with Crippen molar-refractivity contribution in [1.82, 2.24) is 15.2 Å². The second-order valence-electron chi connectivity index (χ2n) is 8.97. The molecule has 9 heteroatoms. The van der Waals surface area contributed by atoms with E-state index >= 15 is 0 Å². The highest BCUT2D eigenvalue weighted by atomic mass is 79.9. The van der Waals surface area contributed by atoms with E-state index in [1.54, 1.807) is 0 Å². The Morgan fingerprint density at radius 3 is 2.67 bits per heavy atom. The molecule has 1 unspecified atom stereocenters. The first-order valence-corrected chi connectivity index (χ1v) is 13.2. The van der Waals surface area contributed by atoms with Gasteiger partial charge in [0, 0.05) is 39.2 Å². The smallest absolute Gasteiger partial charge is 0.407 e. The molecule has 1 aromatic carbocycles. The minimum atomic E-state index is -0.443. The Morgan fingerprint density at radius 1 is 1.18 bits per heavy atom. The van der Waals surface area contributed by atoms with Crippen LogP contribution in [0.4, 0.5) is 4.79 Å². The Balaban J connectivity index is 1.39. The van der Waals surface area contributed by atoms with Gasteiger partial charge in [-0.2, -0.15) is 0 Å². The lowest BCUT2D eigenvalue weighted by molar-refractivity contribution is -0.134. The summed E-state index contributed by atoms with van der Waals surface area (Å²) in [5.41, 5.74) is 4.94. The number of hydrogen-bond donors (Lipinski definition) is 1. The van der Waals surface area contributed by atoms with E-state index in [1.807, 2.05) is 17.2 Å². The summed E-state index contributed by atoms with van der Waals surface area (Å²) in [5.74, 6) is 0.558. The molecule has 2 aromatic rings. The average Bonchev–Trinajstić information content (AvgIpc) is 3.11. The molecule has 0 bridgehead atoms. The molecule has 1 aliphatic carbocycles. The fourth-order valence-corrected chi connectivity index (χ4v) is 6.88. The van der Waals surface area contributed by atoms with Crippen molar-refractivity contribution >= 4 is 55.5 Å². The largest absolute Gasteiger partial charge is 0.444 e. The van der Waals surface area contributed by atoms with Gasteiger partial charge in [0.05, 0.1) is 18.7 Å². The molecule has 2 aliphatic heterocycles. The number of nitrogens with zero attached hydrogens (tertiary/aromatic N) is 2.